The first-order chi connectivity index (χ1) is 19.0. The third kappa shape index (κ3) is 4.05. The van der Waals surface area contributed by atoms with Crippen molar-refractivity contribution in [2.45, 2.75) is 39.3 Å². The van der Waals surface area contributed by atoms with Crippen LogP contribution in [0.15, 0.2) is 61.2 Å². The van der Waals surface area contributed by atoms with Gasteiger partial charge in [0.05, 0.1) is 0 Å². The molecule has 1 aromatic carbocycles. The molecular formula is C30H30N8O. The van der Waals surface area contributed by atoms with Crippen LogP contribution in [-0.4, -0.2) is 53.2 Å². The minimum atomic E-state index is 0.0987. The summed E-state index contributed by atoms with van der Waals surface area (Å²) < 4.78 is 4.11. The van der Waals surface area contributed by atoms with E-state index in [1.807, 2.05) is 52.1 Å². The summed E-state index contributed by atoms with van der Waals surface area (Å²) in [4.78, 5) is 24.5. The Bertz CT molecular complexity index is 1710. The number of amides is 1. The molecule has 7 rings (SSSR count). The zero-order chi connectivity index (χ0) is 26.7. The highest BCUT2D eigenvalue weighted by Crippen LogP contribution is 2.36. The second-order valence-corrected chi connectivity index (χ2v) is 10.9. The lowest BCUT2D eigenvalue weighted by molar-refractivity contribution is 0.0698. The van der Waals surface area contributed by atoms with Gasteiger partial charge in [-0.3, -0.25) is 4.79 Å². The normalized spacial score (nSPS) is 15.4. The van der Waals surface area contributed by atoms with Crippen molar-refractivity contribution < 1.29 is 4.79 Å². The van der Waals surface area contributed by atoms with Crippen molar-refractivity contribution >= 4 is 22.8 Å². The van der Waals surface area contributed by atoms with E-state index in [2.05, 4.69) is 44.6 Å². The summed E-state index contributed by atoms with van der Waals surface area (Å²) in [6.07, 6.45) is 7.82. The maximum Gasteiger partial charge on any atom is 0.270 e. The molecule has 39 heavy (non-hydrogen) atoms. The van der Waals surface area contributed by atoms with Gasteiger partial charge in [0, 0.05) is 60.1 Å². The van der Waals surface area contributed by atoms with Gasteiger partial charge in [-0.25, -0.2) is 9.97 Å². The molecule has 0 unspecified atom stereocenters. The van der Waals surface area contributed by atoms with Gasteiger partial charge in [0.25, 0.3) is 5.91 Å². The van der Waals surface area contributed by atoms with Crippen molar-refractivity contribution in [3.8, 4) is 33.6 Å². The molecule has 1 aliphatic heterocycles. The van der Waals surface area contributed by atoms with Crippen LogP contribution < -0.4 is 5.73 Å². The number of rotatable bonds is 6. The summed E-state index contributed by atoms with van der Waals surface area (Å²) in [6.45, 7) is 6.57. The van der Waals surface area contributed by atoms with E-state index in [0.717, 1.165) is 64.3 Å². The Morgan fingerprint density at radius 1 is 0.974 bits per heavy atom. The van der Waals surface area contributed by atoms with E-state index in [9.17, 15) is 4.79 Å². The SMILES string of the molecule is CC(C)n1cnnc1-c1ccc(-c2cc(-c3ccnc4c3cc3n4CCN(CC4CC4)C3=O)cnc2N)cc1. The number of aromatic nitrogens is 6. The molecule has 1 aliphatic carbocycles. The third-order valence-electron chi connectivity index (χ3n) is 7.89. The number of hydrogen-bond acceptors (Lipinski definition) is 6. The molecule has 1 amide bonds. The maximum absolute atomic E-state index is 13.3. The van der Waals surface area contributed by atoms with Crippen LogP contribution in [0, 0.1) is 5.92 Å². The number of benzene rings is 1. The third-order valence-corrected chi connectivity index (χ3v) is 7.89. The molecule has 2 aliphatic rings. The highest BCUT2D eigenvalue weighted by Gasteiger charge is 2.32. The van der Waals surface area contributed by atoms with Crippen LogP contribution in [0.3, 0.4) is 0 Å². The average molecular weight is 519 g/mol. The van der Waals surface area contributed by atoms with E-state index in [4.69, 9.17) is 5.73 Å². The largest absolute Gasteiger partial charge is 0.383 e. The van der Waals surface area contributed by atoms with Gasteiger partial charge in [0.2, 0.25) is 0 Å². The number of hydrogen-bond donors (Lipinski definition) is 1. The van der Waals surface area contributed by atoms with Crippen LogP contribution in [0.25, 0.3) is 44.7 Å². The monoisotopic (exact) mass is 518 g/mol. The Morgan fingerprint density at radius 3 is 2.54 bits per heavy atom. The second-order valence-electron chi connectivity index (χ2n) is 10.9. The van der Waals surface area contributed by atoms with Gasteiger partial charge in [0.15, 0.2) is 5.82 Å². The summed E-state index contributed by atoms with van der Waals surface area (Å²) in [5.41, 5.74) is 12.6. The van der Waals surface area contributed by atoms with Crippen LogP contribution in [0.4, 0.5) is 5.82 Å². The summed E-state index contributed by atoms with van der Waals surface area (Å²) >= 11 is 0. The fraction of sp³-hybridized carbons (Fsp3) is 0.300. The fourth-order valence-corrected chi connectivity index (χ4v) is 5.55. The minimum Gasteiger partial charge on any atom is -0.383 e. The van der Waals surface area contributed by atoms with Crippen LogP contribution >= 0.6 is 0 Å². The minimum absolute atomic E-state index is 0.0987. The van der Waals surface area contributed by atoms with E-state index in [0.29, 0.717) is 17.4 Å². The van der Waals surface area contributed by atoms with Gasteiger partial charge >= 0.3 is 0 Å². The number of nitrogens with two attached hydrogens (primary N) is 1. The van der Waals surface area contributed by atoms with Gasteiger partial charge in [-0.15, -0.1) is 10.2 Å². The van der Waals surface area contributed by atoms with Gasteiger partial charge in [-0.1, -0.05) is 24.3 Å². The molecule has 0 saturated heterocycles. The summed E-state index contributed by atoms with van der Waals surface area (Å²) in [5.74, 6) is 2.06. The van der Waals surface area contributed by atoms with E-state index in [-0.39, 0.29) is 11.9 Å². The zero-order valence-electron chi connectivity index (χ0n) is 22.1. The predicted octanol–water partition coefficient (Wildman–Crippen LogP) is 5.05. The van der Waals surface area contributed by atoms with Gasteiger partial charge in [0.1, 0.15) is 23.5 Å². The molecule has 0 atom stereocenters. The molecule has 1 saturated carbocycles. The molecule has 9 heteroatoms. The lowest BCUT2D eigenvalue weighted by atomic mass is 9.99. The lowest BCUT2D eigenvalue weighted by Crippen LogP contribution is -2.41. The number of anilines is 1. The second kappa shape index (κ2) is 9.04. The Balaban J connectivity index is 1.25. The van der Waals surface area contributed by atoms with Crippen molar-refractivity contribution in [2.24, 2.45) is 5.92 Å². The number of nitrogen functional groups attached to an aromatic ring is 1. The zero-order valence-corrected chi connectivity index (χ0v) is 22.1. The summed E-state index contributed by atoms with van der Waals surface area (Å²) in [6, 6.07) is 14.5. The van der Waals surface area contributed by atoms with E-state index in [1.54, 1.807) is 12.5 Å². The van der Waals surface area contributed by atoms with Crippen LogP contribution in [-0.2, 0) is 6.54 Å². The Kier molecular flexibility index (Phi) is 5.47. The van der Waals surface area contributed by atoms with Gasteiger partial charge in [-0.05, 0) is 61.9 Å². The standard InChI is InChI=1S/C30H30N8O/c1-18(2)38-17-34-35-28(38)21-7-5-20(6-8-21)24-13-22(15-33-27(24)31)23-9-10-32-29-25(23)14-26-30(39)36(11-12-37(26)29)16-19-3-4-19/h5-10,13-15,17-19H,3-4,11-12,16H2,1-2H3,(H2,31,33). The summed E-state index contributed by atoms with van der Waals surface area (Å²) in [7, 11) is 0. The van der Waals surface area contributed by atoms with Crippen molar-refractivity contribution in [3.63, 3.8) is 0 Å². The smallest absolute Gasteiger partial charge is 0.270 e. The molecule has 9 nitrogen and oxygen atoms in total. The molecule has 0 radical (unpaired) electrons. The Hall–Kier alpha value is -4.53. The van der Waals surface area contributed by atoms with Crippen molar-refractivity contribution in [3.05, 3.63) is 66.9 Å². The first kappa shape index (κ1) is 23.6. The molecule has 0 bridgehead atoms. The van der Waals surface area contributed by atoms with Gasteiger partial charge < -0.3 is 19.8 Å². The number of pyridine rings is 2. The van der Waals surface area contributed by atoms with E-state index >= 15 is 0 Å². The average Bonchev–Trinajstić information content (AvgIpc) is 3.47. The molecule has 1 fully saturated rings. The van der Waals surface area contributed by atoms with Crippen LogP contribution in [0.2, 0.25) is 0 Å². The topological polar surface area (TPSA) is 108 Å². The molecule has 5 aromatic rings. The van der Waals surface area contributed by atoms with E-state index in [1.165, 1.54) is 12.8 Å². The Morgan fingerprint density at radius 2 is 1.77 bits per heavy atom. The van der Waals surface area contributed by atoms with Crippen molar-refractivity contribution in [2.75, 3.05) is 18.8 Å². The first-order valence-corrected chi connectivity index (χ1v) is 13.5. The van der Waals surface area contributed by atoms with E-state index < -0.39 is 0 Å². The Labute approximate surface area is 226 Å². The molecule has 4 aromatic heterocycles. The van der Waals surface area contributed by atoms with Crippen LogP contribution in [0.1, 0.15) is 43.2 Å². The van der Waals surface area contributed by atoms with Crippen molar-refractivity contribution in [1.29, 1.82) is 0 Å². The molecule has 5 heterocycles. The molecular weight excluding hydrogens is 488 g/mol. The predicted molar refractivity (Wildman–Crippen MR) is 151 cm³/mol. The molecule has 196 valence electrons. The highest BCUT2D eigenvalue weighted by atomic mass is 16.2. The maximum atomic E-state index is 13.3. The quantitative estimate of drug-likeness (QED) is 0.337. The summed E-state index contributed by atoms with van der Waals surface area (Å²) in [5, 5.41) is 9.34. The number of fused-ring (bicyclic) bond motifs is 3. The number of carbonyl (C=O) groups is 1. The number of nitrogens with zero attached hydrogens (tertiary/aromatic N) is 7. The molecule has 0 spiro atoms. The highest BCUT2D eigenvalue weighted by molar-refractivity contribution is 6.03. The van der Waals surface area contributed by atoms with Crippen LogP contribution in [0.5, 0.6) is 0 Å². The van der Waals surface area contributed by atoms with Crippen molar-refractivity contribution in [1.82, 2.24) is 34.2 Å². The molecule has 2 N–H and O–H groups in total. The number of carbonyl (C=O) groups excluding carboxylic acids is 1. The van der Waals surface area contributed by atoms with Gasteiger partial charge in [-0.2, -0.15) is 0 Å². The first-order valence-electron chi connectivity index (χ1n) is 13.5. The lowest BCUT2D eigenvalue weighted by Gasteiger charge is -2.28. The fourth-order valence-electron chi connectivity index (χ4n) is 5.55.